The van der Waals surface area contributed by atoms with Gasteiger partial charge in [0.1, 0.15) is 5.83 Å². The first kappa shape index (κ1) is 11.4. The monoisotopic (exact) mass is 198 g/mol. The second-order valence-electron chi connectivity index (χ2n) is 3.74. The Morgan fingerprint density at radius 2 is 2.07 bits per heavy atom. The van der Waals surface area contributed by atoms with E-state index in [2.05, 4.69) is 0 Å². The summed E-state index contributed by atoms with van der Waals surface area (Å²) in [5.74, 6) is 0.0214. The molecule has 0 bridgehead atoms. The number of allylic oxidation sites excluding steroid dienone is 4. The van der Waals surface area contributed by atoms with Crippen molar-refractivity contribution in [2.75, 3.05) is 13.7 Å². The molecule has 0 spiro atoms. The molecule has 14 heavy (non-hydrogen) atoms. The molecular formula is C12H19FO. The average molecular weight is 198 g/mol. The Morgan fingerprint density at radius 3 is 2.71 bits per heavy atom. The molecule has 0 radical (unpaired) electrons. The van der Waals surface area contributed by atoms with Gasteiger partial charge in [0.2, 0.25) is 0 Å². The van der Waals surface area contributed by atoms with E-state index in [9.17, 15) is 4.39 Å². The lowest BCUT2D eigenvalue weighted by molar-refractivity contribution is 0.192. The Labute approximate surface area is 85.6 Å². The summed E-state index contributed by atoms with van der Waals surface area (Å²) in [4.78, 5) is 0. The van der Waals surface area contributed by atoms with Crippen molar-refractivity contribution >= 4 is 0 Å². The highest BCUT2D eigenvalue weighted by atomic mass is 19.1. The molecule has 0 unspecified atom stereocenters. The molecule has 0 aromatic heterocycles. The van der Waals surface area contributed by atoms with Crippen LogP contribution in [0.25, 0.3) is 0 Å². The van der Waals surface area contributed by atoms with Crippen molar-refractivity contribution in [2.24, 2.45) is 0 Å². The van der Waals surface area contributed by atoms with E-state index in [0.29, 0.717) is 6.42 Å². The quantitative estimate of drug-likeness (QED) is 0.590. The summed E-state index contributed by atoms with van der Waals surface area (Å²) < 4.78 is 17.6. The molecule has 1 aliphatic carbocycles. The minimum absolute atomic E-state index is 0.0214. The van der Waals surface area contributed by atoms with Gasteiger partial charge in [-0.05, 0) is 31.8 Å². The van der Waals surface area contributed by atoms with Crippen LogP contribution in [0.1, 0.15) is 38.5 Å². The van der Waals surface area contributed by atoms with Gasteiger partial charge in [-0.15, -0.1) is 0 Å². The third-order valence-electron chi connectivity index (χ3n) is 2.53. The molecule has 1 nitrogen and oxygen atoms in total. The van der Waals surface area contributed by atoms with Gasteiger partial charge in [0, 0.05) is 20.1 Å². The van der Waals surface area contributed by atoms with E-state index in [1.165, 1.54) is 18.4 Å². The second-order valence-corrected chi connectivity index (χ2v) is 3.74. The minimum Gasteiger partial charge on any atom is -0.385 e. The lowest BCUT2D eigenvalue weighted by Gasteiger charge is -2.09. The van der Waals surface area contributed by atoms with E-state index >= 15 is 0 Å². The molecular weight excluding hydrogens is 179 g/mol. The molecule has 1 rings (SSSR count). The Kier molecular flexibility index (Phi) is 5.53. The molecule has 0 saturated heterocycles. The van der Waals surface area contributed by atoms with Gasteiger partial charge in [-0.25, -0.2) is 4.39 Å². The van der Waals surface area contributed by atoms with E-state index in [1.54, 1.807) is 13.2 Å². The van der Waals surface area contributed by atoms with Gasteiger partial charge < -0.3 is 4.74 Å². The first-order valence-corrected chi connectivity index (χ1v) is 5.36. The fourth-order valence-electron chi connectivity index (χ4n) is 1.64. The largest absolute Gasteiger partial charge is 0.385 e. The van der Waals surface area contributed by atoms with Crippen LogP contribution >= 0.6 is 0 Å². The zero-order chi connectivity index (χ0) is 10.2. The molecule has 2 heteroatoms. The second kappa shape index (κ2) is 6.77. The molecule has 0 aromatic rings. The van der Waals surface area contributed by atoms with Crippen LogP contribution in [0, 0.1) is 0 Å². The first-order chi connectivity index (χ1) is 6.83. The van der Waals surface area contributed by atoms with Crippen LogP contribution in [0.2, 0.25) is 0 Å². The summed E-state index contributed by atoms with van der Waals surface area (Å²) in [7, 11) is 1.73. The summed E-state index contributed by atoms with van der Waals surface area (Å²) in [6, 6.07) is 0. The van der Waals surface area contributed by atoms with Crippen molar-refractivity contribution in [3.63, 3.8) is 0 Å². The van der Waals surface area contributed by atoms with E-state index in [4.69, 9.17) is 4.74 Å². The van der Waals surface area contributed by atoms with E-state index < -0.39 is 0 Å². The van der Waals surface area contributed by atoms with E-state index in [0.717, 1.165) is 25.9 Å². The predicted molar refractivity (Wildman–Crippen MR) is 56.9 cm³/mol. The molecule has 0 saturated carbocycles. The molecule has 0 aromatic carbocycles. The highest BCUT2D eigenvalue weighted by Crippen LogP contribution is 2.22. The maximum absolute atomic E-state index is 12.6. The third kappa shape index (κ3) is 4.56. The maximum atomic E-state index is 12.6. The van der Waals surface area contributed by atoms with Gasteiger partial charge >= 0.3 is 0 Å². The minimum atomic E-state index is 0.0214. The molecule has 80 valence electrons. The van der Waals surface area contributed by atoms with Crippen LogP contribution in [0.15, 0.2) is 23.6 Å². The zero-order valence-corrected chi connectivity index (χ0v) is 8.89. The fraction of sp³-hybridized carbons (Fsp3) is 0.667. The number of ether oxygens (including phenoxy) is 1. The maximum Gasteiger partial charge on any atom is 0.100 e. The van der Waals surface area contributed by atoms with Gasteiger partial charge in [0.05, 0.1) is 0 Å². The fourth-order valence-corrected chi connectivity index (χ4v) is 1.64. The smallest absolute Gasteiger partial charge is 0.100 e. The van der Waals surface area contributed by atoms with Gasteiger partial charge in [0.25, 0.3) is 0 Å². The van der Waals surface area contributed by atoms with Gasteiger partial charge in [-0.1, -0.05) is 18.1 Å². The number of unbranched alkanes of at least 4 members (excludes halogenated alkanes) is 2. The summed E-state index contributed by atoms with van der Waals surface area (Å²) in [5.41, 5.74) is 1.39. The molecule has 0 amide bonds. The number of hydrogen-bond donors (Lipinski definition) is 0. The topological polar surface area (TPSA) is 9.23 Å². The number of methoxy groups -OCH3 is 1. The predicted octanol–water partition coefficient (Wildman–Crippen LogP) is 3.77. The molecule has 0 atom stereocenters. The van der Waals surface area contributed by atoms with Crippen molar-refractivity contribution in [2.45, 2.75) is 38.5 Å². The summed E-state index contributed by atoms with van der Waals surface area (Å²) in [6.45, 7) is 0.855. The number of halogens is 1. The zero-order valence-electron chi connectivity index (χ0n) is 8.89. The molecule has 0 N–H and O–H groups in total. The number of hydrogen-bond acceptors (Lipinski definition) is 1. The van der Waals surface area contributed by atoms with Gasteiger partial charge in [-0.2, -0.15) is 0 Å². The normalized spacial score (nSPS) is 16.4. The van der Waals surface area contributed by atoms with Crippen LogP contribution in [0.4, 0.5) is 4.39 Å². The lowest BCUT2D eigenvalue weighted by Crippen LogP contribution is -1.92. The van der Waals surface area contributed by atoms with Crippen LogP contribution in [0.5, 0.6) is 0 Å². The van der Waals surface area contributed by atoms with Crippen molar-refractivity contribution in [1.82, 2.24) is 0 Å². The van der Waals surface area contributed by atoms with Crippen LogP contribution in [-0.2, 0) is 4.74 Å². The Balaban J connectivity index is 2.07. The van der Waals surface area contributed by atoms with E-state index in [-0.39, 0.29) is 5.83 Å². The Morgan fingerprint density at radius 1 is 1.21 bits per heavy atom. The van der Waals surface area contributed by atoms with Gasteiger partial charge in [0.15, 0.2) is 0 Å². The standard InChI is InChI=1S/C12H19FO/c1-14-10-4-2-3-5-11-6-8-12(13)9-7-11/h6,8H,2-5,7,9-10H2,1H3. The molecule has 0 heterocycles. The molecule has 1 aliphatic rings. The third-order valence-corrected chi connectivity index (χ3v) is 2.53. The highest BCUT2D eigenvalue weighted by Gasteiger charge is 2.04. The van der Waals surface area contributed by atoms with Gasteiger partial charge in [-0.3, -0.25) is 0 Å². The summed E-state index contributed by atoms with van der Waals surface area (Å²) in [6.07, 6.45) is 9.71. The van der Waals surface area contributed by atoms with Crippen LogP contribution < -0.4 is 0 Å². The molecule has 0 aliphatic heterocycles. The average Bonchev–Trinajstić information content (AvgIpc) is 2.21. The van der Waals surface area contributed by atoms with Crippen molar-refractivity contribution < 1.29 is 9.13 Å². The van der Waals surface area contributed by atoms with Crippen LogP contribution in [0.3, 0.4) is 0 Å². The Hall–Kier alpha value is -0.630. The Bertz CT molecular complexity index is 218. The van der Waals surface area contributed by atoms with Crippen LogP contribution in [-0.4, -0.2) is 13.7 Å². The van der Waals surface area contributed by atoms with Crippen molar-refractivity contribution in [3.8, 4) is 0 Å². The summed E-state index contributed by atoms with van der Waals surface area (Å²) in [5, 5.41) is 0. The highest BCUT2D eigenvalue weighted by molar-refractivity contribution is 5.20. The summed E-state index contributed by atoms with van der Waals surface area (Å²) >= 11 is 0. The molecule has 0 fully saturated rings. The van der Waals surface area contributed by atoms with Crippen molar-refractivity contribution in [3.05, 3.63) is 23.6 Å². The first-order valence-electron chi connectivity index (χ1n) is 5.36. The SMILES string of the molecule is COCCCCCC1=CC=C(F)CC1. The van der Waals surface area contributed by atoms with Crippen molar-refractivity contribution in [1.29, 1.82) is 0 Å². The lowest BCUT2D eigenvalue weighted by atomic mass is 9.99. The number of rotatable bonds is 6. The van der Waals surface area contributed by atoms with E-state index in [1.807, 2.05) is 6.08 Å².